The number of rotatable bonds is 14. The average molecular weight is 584 g/mol. The van der Waals surface area contributed by atoms with E-state index in [0.29, 0.717) is 35.7 Å². The summed E-state index contributed by atoms with van der Waals surface area (Å²) in [5.74, 6) is -0.695. The minimum atomic E-state index is -4.11. The van der Waals surface area contributed by atoms with Crippen molar-refractivity contribution in [1.29, 1.82) is 0 Å². The number of amides is 2. The number of nitrogens with zero attached hydrogens (tertiary/aromatic N) is 2. The van der Waals surface area contributed by atoms with Crippen LogP contribution in [0.25, 0.3) is 0 Å². The van der Waals surface area contributed by atoms with Gasteiger partial charge in [-0.25, -0.2) is 8.42 Å². The summed E-state index contributed by atoms with van der Waals surface area (Å²) >= 11 is 6.17. The van der Waals surface area contributed by atoms with E-state index in [2.05, 4.69) is 5.32 Å². The Kier molecular flexibility index (Phi) is 11.6. The number of halogens is 1. The number of carbonyl (C=O) groups is 2. The third-order valence-electron chi connectivity index (χ3n) is 6.74. The van der Waals surface area contributed by atoms with E-state index >= 15 is 0 Å². The van der Waals surface area contributed by atoms with Crippen LogP contribution in [0.2, 0.25) is 5.02 Å². The van der Waals surface area contributed by atoms with Gasteiger partial charge in [0.2, 0.25) is 11.8 Å². The van der Waals surface area contributed by atoms with E-state index in [1.807, 2.05) is 44.2 Å². The molecular weight excluding hydrogens is 546 g/mol. The second kappa shape index (κ2) is 14.9. The van der Waals surface area contributed by atoms with E-state index in [4.69, 9.17) is 11.6 Å². The van der Waals surface area contributed by atoms with Gasteiger partial charge in [-0.3, -0.25) is 13.9 Å². The summed E-state index contributed by atoms with van der Waals surface area (Å²) < 4.78 is 28.9. The van der Waals surface area contributed by atoms with Crippen molar-refractivity contribution in [3.8, 4) is 0 Å². The lowest BCUT2D eigenvalue weighted by atomic mass is 10.1. The molecule has 40 heavy (non-hydrogen) atoms. The summed E-state index contributed by atoms with van der Waals surface area (Å²) in [4.78, 5) is 28.9. The van der Waals surface area contributed by atoms with Gasteiger partial charge in [0.05, 0.1) is 10.6 Å². The number of nitrogens with one attached hydrogen (secondary N) is 1. The fourth-order valence-corrected chi connectivity index (χ4v) is 6.26. The Morgan fingerprint density at radius 2 is 1.60 bits per heavy atom. The monoisotopic (exact) mass is 583 g/mol. The molecule has 0 fully saturated rings. The maximum Gasteiger partial charge on any atom is 0.264 e. The molecule has 1 N–H and O–H groups in total. The van der Waals surface area contributed by atoms with Crippen LogP contribution in [0.3, 0.4) is 0 Å². The Balaban J connectivity index is 2.00. The molecule has 0 spiro atoms. The molecule has 0 radical (unpaired) electrons. The summed E-state index contributed by atoms with van der Waals surface area (Å²) in [6.07, 6.45) is 2.68. The SMILES string of the molecule is CCCCNC(=O)[C@H](CC)N(CCc1ccccc1)C(=O)CN(c1ccc(Cl)cc1C)S(=O)(=O)c1ccccc1. The summed E-state index contributed by atoms with van der Waals surface area (Å²) in [6.45, 7) is 5.97. The topological polar surface area (TPSA) is 86.8 Å². The lowest BCUT2D eigenvalue weighted by molar-refractivity contribution is -0.139. The molecule has 0 aliphatic carbocycles. The predicted octanol–water partition coefficient (Wildman–Crippen LogP) is 5.61. The summed E-state index contributed by atoms with van der Waals surface area (Å²) in [5, 5.41) is 3.41. The first-order chi connectivity index (χ1) is 19.2. The fourth-order valence-electron chi connectivity index (χ4n) is 4.53. The summed E-state index contributed by atoms with van der Waals surface area (Å²) in [5.41, 5.74) is 1.98. The zero-order valence-corrected chi connectivity index (χ0v) is 24.9. The van der Waals surface area contributed by atoms with Crippen molar-refractivity contribution < 1.29 is 18.0 Å². The fraction of sp³-hybridized carbons (Fsp3) is 0.355. The third kappa shape index (κ3) is 8.08. The second-order valence-corrected chi connectivity index (χ2v) is 11.9. The number of hydrogen-bond donors (Lipinski definition) is 1. The van der Waals surface area contributed by atoms with Gasteiger partial charge in [0.25, 0.3) is 10.0 Å². The predicted molar refractivity (Wildman–Crippen MR) is 161 cm³/mol. The standard InChI is InChI=1S/C31H38ClN3O4S/c1-4-6-20-33-31(37)28(5-2)34(21-19-25-13-9-7-10-14-25)30(36)23-35(29-18-17-26(32)22-24(29)3)40(38,39)27-15-11-8-12-16-27/h7-18,22,28H,4-6,19-21,23H2,1-3H3,(H,33,37)/t28-/m0/s1. The van der Waals surface area contributed by atoms with Crippen molar-refractivity contribution in [3.05, 3.63) is 95.0 Å². The molecule has 0 aromatic heterocycles. The van der Waals surface area contributed by atoms with Gasteiger partial charge >= 0.3 is 0 Å². The molecule has 0 saturated heterocycles. The first kappa shape index (κ1) is 31.2. The van der Waals surface area contributed by atoms with E-state index in [1.54, 1.807) is 43.3 Å². The normalized spacial score (nSPS) is 12.0. The molecule has 0 aliphatic heterocycles. The Morgan fingerprint density at radius 3 is 2.20 bits per heavy atom. The van der Waals surface area contributed by atoms with Crippen LogP contribution in [0, 0.1) is 6.92 Å². The molecule has 214 valence electrons. The second-order valence-electron chi connectivity index (χ2n) is 9.65. The van der Waals surface area contributed by atoms with E-state index in [0.717, 1.165) is 22.7 Å². The van der Waals surface area contributed by atoms with E-state index in [9.17, 15) is 18.0 Å². The van der Waals surface area contributed by atoms with Crippen LogP contribution in [-0.2, 0) is 26.0 Å². The smallest absolute Gasteiger partial charge is 0.264 e. The highest BCUT2D eigenvalue weighted by Gasteiger charge is 2.33. The Morgan fingerprint density at radius 1 is 0.950 bits per heavy atom. The maximum absolute atomic E-state index is 14.1. The van der Waals surface area contributed by atoms with E-state index < -0.39 is 28.5 Å². The number of aryl methyl sites for hydroxylation is 1. The van der Waals surface area contributed by atoms with Crippen molar-refractivity contribution in [2.24, 2.45) is 0 Å². The molecule has 7 nitrogen and oxygen atoms in total. The Bertz CT molecular complexity index is 1370. The molecule has 3 aromatic carbocycles. The minimum absolute atomic E-state index is 0.0670. The van der Waals surface area contributed by atoms with Gasteiger partial charge in [0.15, 0.2) is 0 Å². The Hall–Kier alpha value is -3.36. The molecule has 2 amide bonds. The van der Waals surface area contributed by atoms with E-state index in [-0.39, 0.29) is 17.3 Å². The van der Waals surface area contributed by atoms with Crippen LogP contribution in [-0.4, -0.2) is 50.8 Å². The molecule has 0 heterocycles. The first-order valence-electron chi connectivity index (χ1n) is 13.6. The molecular formula is C31H38ClN3O4S. The number of unbranched alkanes of at least 4 members (excludes halogenated alkanes) is 1. The molecule has 0 saturated carbocycles. The quantitative estimate of drug-likeness (QED) is 0.250. The Labute approximate surface area is 243 Å². The van der Waals surface area contributed by atoms with Gasteiger partial charge in [0.1, 0.15) is 12.6 Å². The average Bonchev–Trinajstić information content (AvgIpc) is 2.95. The molecule has 3 rings (SSSR count). The third-order valence-corrected chi connectivity index (χ3v) is 8.75. The van der Waals surface area contributed by atoms with Crippen molar-refractivity contribution in [3.63, 3.8) is 0 Å². The molecule has 9 heteroatoms. The van der Waals surface area contributed by atoms with Crippen molar-refractivity contribution in [2.75, 3.05) is 23.9 Å². The van der Waals surface area contributed by atoms with Gasteiger partial charge in [-0.1, -0.05) is 80.4 Å². The van der Waals surface area contributed by atoms with Gasteiger partial charge in [0, 0.05) is 18.1 Å². The van der Waals surface area contributed by atoms with Crippen LogP contribution in [0.5, 0.6) is 0 Å². The molecule has 0 bridgehead atoms. The molecule has 0 aliphatic rings. The largest absolute Gasteiger partial charge is 0.354 e. The van der Waals surface area contributed by atoms with Gasteiger partial charge < -0.3 is 10.2 Å². The number of benzene rings is 3. The zero-order valence-electron chi connectivity index (χ0n) is 23.3. The number of carbonyl (C=O) groups excluding carboxylic acids is 2. The highest BCUT2D eigenvalue weighted by Crippen LogP contribution is 2.29. The lowest BCUT2D eigenvalue weighted by Crippen LogP contribution is -2.53. The number of hydrogen-bond acceptors (Lipinski definition) is 4. The first-order valence-corrected chi connectivity index (χ1v) is 15.5. The van der Waals surface area contributed by atoms with Crippen LogP contribution < -0.4 is 9.62 Å². The minimum Gasteiger partial charge on any atom is -0.354 e. The number of anilines is 1. The molecule has 3 aromatic rings. The van der Waals surface area contributed by atoms with Crippen LogP contribution in [0.4, 0.5) is 5.69 Å². The van der Waals surface area contributed by atoms with E-state index in [1.165, 1.54) is 17.0 Å². The van der Waals surface area contributed by atoms with Crippen LogP contribution in [0.15, 0.2) is 83.8 Å². The summed E-state index contributed by atoms with van der Waals surface area (Å²) in [6, 6.07) is 21.9. The van der Waals surface area contributed by atoms with Gasteiger partial charge in [-0.05, 0) is 67.6 Å². The maximum atomic E-state index is 14.1. The van der Waals surface area contributed by atoms with Crippen LogP contribution in [0.1, 0.15) is 44.2 Å². The zero-order chi connectivity index (χ0) is 29.1. The van der Waals surface area contributed by atoms with Gasteiger partial charge in [-0.2, -0.15) is 0 Å². The molecule has 0 unspecified atom stereocenters. The van der Waals surface area contributed by atoms with Crippen molar-refractivity contribution >= 4 is 39.1 Å². The highest BCUT2D eigenvalue weighted by atomic mass is 35.5. The van der Waals surface area contributed by atoms with Crippen LogP contribution >= 0.6 is 11.6 Å². The van der Waals surface area contributed by atoms with Crippen molar-refractivity contribution in [1.82, 2.24) is 10.2 Å². The van der Waals surface area contributed by atoms with Gasteiger partial charge in [-0.15, -0.1) is 0 Å². The summed E-state index contributed by atoms with van der Waals surface area (Å²) in [7, 11) is -4.11. The number of sulfonamides is 1. The van der Waals surface area contributed by atoms with Crippen molar-refractivity contribution in [2.45, 2.75) is 57.4 Å². The molecule has 1 atom stereocenters. The lowest BCUT2D eigenvalue weighted by Gasteiger charge is -2.33. The highest BCUT2D eigenvalue weighted by molar-refractivity contribution is 7.92.